The minimum Gasteiger partial charge on any atom is -0.494 e. The minimum absolute atomic E-state index is 0.225. The number of morpholine rings is 1. The molecule has 9 nitrogen and oxygen atoms in total. The summed E-state index contributed by atoms with van der Waals surface area (Å²) in [7, 11) is 3.28. The van der Waals surface area contributed by atoms with Crippen LogP contribution in [0, 0.1) is 0 Å². The van der Waals surface area contributed by atoms with Crippen molar-refractivity contribution in [2.45, 2.75) is 6.54 Å². The summed E-state index contributed by atoms with van der Waals surface area (Å²) in [5.74, 6) is 0.457. The second-order valence-electron chi connectivity index (χ2n) is 7.24. The van der Waals surface area contributed by atoms with Crippen LogP contribution in [0.25, 0.3) is 10.2 Å². The fourth-order valence-electron chi connectivity index (χ4n) is 3.52. The molecule has 0 atom stereocenters. The normalized spacial score (nSPS) is 14.0. The SMILES string of the molecule is COCCNCc1cc(C(=O)Nc2nc3c(OC)ccc(N4CCOCC4)c3s2)ccn1. The number of nitrogens with one attached hydrogen (secondary N) is 2. The number of fused-ring (bicyclic) bond motifs is 1. The van der Waals surface area contributed by atoms with Crippen molar-refractivity contribution >= 4 is 38.3 Å². The molecule has 1 saturated heterocycles. The van der Waals surface area contributed by atoms with E-state index in [1.807, 2.05) is 12.1 Å². The van der Waals surface area contributed by atoms with Gasteiger partial charge in [-0.05, 0) is 24.3 Å². The highest BCUT2D eigenvalue weighted by molar-refractivity contribution is 7.23. The summed E-state index contributed by atoms with van der Waals surface area (Å²) in [5, 5.41) is 6.69. The molecule has 1 aromatic carbocycles. The number of aromatic nitrogens is 2. The number of hydrogen-bond donors (Lipinski definition) is 2. The van der Waals surface area contributed by atoms with Gasteiger partial charge < -0.3 is 24.4 Å². The number of methoxy groups -OCH3 is 2. The summed E-state index contributed by atoms with van der Waals surface area (Å²) >= 11 is 1.45. The topological polar surface area (TPSA) is 97.8 Å². The van der Waals surface area contributed by atoms with E-state index in [2.05, 4.69) is 25.5 Å². The van der Waals surface area contributed by atoms with Crippen LogP contribution in [0.3, 0.4) is 0 Å². The molecule has 1 fully saturated rings. The number of ether oxygens (including phenoxy) is 3. The lowest BCUT2D eigenvalue weighted by Crippen LogP contribution is -2.36. The second kappa shape index (κ2) is 10.7. The quantitative estimate of drug-likeness (QED) is 0.473. The molecule has 0 saturated carbocycles. The highest BCUT2D eigenvalue weighted by Crippen LogP contribution is 2.39. The zero-order valence-corrected chi connectivity index (χ0v) is 19.0. The van der Waals surface area contributed by atoms with Crippen LogP contribution in [0.15, 0.2) is 30.5 Å². The van der Waals surface area contributed by atoms with Crippen molar-refractivity contribution in [1.82, 2.24) is 15.3 Å². The van der Waals surface area contributed by atoms with Crippen LogP contribution in [-0.2, 0) is 16.0 Å². The number of carbonyl (C=O) groups excluding carboxylic acids is 1. The Morgan fingerprint density at radius 2 is 2.09 bits per heavy atom. The Morgan fingerprint density at radius 3 is 2.88 bits per heavy atom. The third-order valence-electron chi connectivity index (χ3n) is 5.15. The first-order valence-electron chi connectivity index (χ1n) is 10.5. The van der Waals surface area contributed by atoms with Gasteiger partial charge in [0.05, 0.1) is 43.0 Å². The maximum absolute atomic E-state index is 12.9. The molecule has 0 spiro atoms. The fraction of sp³-hybridized carbons (Fsp3) is 0.409. The fourth-order valence-corrected chi connectivity index (χ4v) is 4.54. The zero-order chi connectivity index (χ0) is 22.3. The van der Waals surface area contributed by atoms with E-state index < -0.39 is 0 Å². The van der Waals surface area contributed by atoms with E-state index in [0.29, 0.717) is 49.4 Å². The van der Waals surface area contributed by atoms with E-state index in [-0.39, 0.29) is 5.91 Å². The van der Waals surface area contributed by atoms with Gasteiger partial charge in [0.2, 0.25) is 0 Å². The predicted molar refractivity (Wildman–Crippen MR) is 125 cm³/mol. The largest absolute Gasteiger partial charge is 0.494 e. The van der Waals surface area contributed by atoms with Crippen LogP contribution in [0.4, 0.5) is 10.8 Å². The molecular formula is C22H27N5O4S. The van der Waals surface area contributed by atoms with Crippen LogP contribution >= 0.6 is 11.3 Å². The van der Waals surface area contributed by atoms with Crippen LogP contribution in [-0.4, -0.2) is 69.5 Å². The first-order chi connectivity index (χ1) is 15.7. The summed E-state index contributed by atoms with van der Waals surface area (Å²) in [6, 6.07) is 7.44. The number of anilines is 2. The standard InChI is InChI=1S/C22H27N5O4S/c1-29-10-7-23-14-16-13-15(5-6-24-16)21(28)26-22-25-19-18(30-2)4-3-17(20(19)32-22)27-8-11-31-12-9-27/h3-6,13,23H,7-12,14H2,1-2H3,(H,25,26,28). The number of carbonyl (C=O) groups is 1. The Labute approximate surface area is 190 Å². The number of pyridine rings is 1. The summed E-state index contributed by atoms with van der Waals surface area (Å²) in [5.41, 5.74) is 3.14. The molecule has 0 aliphatic carbocycles. The Bertz CT molecular complexity index is 1070. The smallest absolute Gasteiger partial charge is 0.257 e. The maximum Gasteiger partial charge on any atom is 0.257 e. The van der Waals surface area contributed by atoms with Gasteiger partial charge >= 0.3 is 0 Å². The van der Waals surface area contributed by atoms with Crippen molar-refractivity contribution in [2.24, 2.45) is 0 Å². The van der Waals surface area contributed by atoms with Gasteiger partial charge in [0, 0.05) is 45.0 Å². The van der Waals surface area contributed by atoms with Gasteiger partial charge in [-0.2, -0.15) is 0 Å². The Morgan fingerprint density at radius 1 is 1.25 bits per heavy atom. The minimum atomic E-state index is -0.225. The number of nitrogens with zero attached hydrogens (tertiary/aromatic N) is 3. The second-order valence-corrected chi connectivity index (χ2v) is 8.24. The summed E-state index contributed by atoms with van der Waals surface area (Å²) in [6.45, 7) is 4.92. The van der Waals surface area contributed by atoms with Crippen molar-refractivity contribution < 1.29 is 19.0 Å². The van der Waals surface area contributed by atoms with Gasteiger partial charge in [0.1, 0.15) is 11.3 Å². The average Bonchev–Trinajstić information content (AvgIpc) is 3.25. The lowest BCUT2D eigenvalue weighted by atomic mass is 10.2. The summed E-state index contributed by atoms with van der Waals surface area (Å²) < 4.78 is 17.0. The molecule has 2 aromatic heterocycles. The molecule has 170 valence electrons. The van der Waals surface area contributed by atoms with Gasteiger partial charge in [0.25, 0.3) is 5.91 Å². The number of thiazole rings is 1. The zero-order valence-electron chi connectivity index (χ0n) is 18.2. The Hall–Kier alpha value is -2.79. The van der Waals surface area contributed by atoms with Crippen LogP contribution in [0.2, 0.25) is 0 Å². The molecule has 4 rings (SSSR count). The molecule has 1 aliphatic rings. The lowest BCUT2D eigenvalue weighted by molar-refractivity contribution is 0.102. The molecule has 32 heavy (non-hydrogen) atoms. The molecule has 1 amide bonds. The molecule has 3 heterocycles. The van der Waals surface area contributed by atoms with E-state index in [1.54, 1.807) is 32.5 Å². The van der Waals surface area contributed by atoms with Crippen LogP contribution < -0.4 is 20.3 Å². The third-order valence-corrected chi connectivity index (χ3v) is 6.14. The molecule has 3 aromatic rings. The van der Waals surface area contributed by atoms with E-state index in [0.717, 1.165) is 34.7 Å². The van der Waals surface area contributed by atoms with Crippen molar-refractivity contribution in [2.75, 3.05) is 63.9 Å². The Balaban J connectivity index is 1.53. The van der Waals surface area contributed by atoms with Crippen LogP contribution in [0.5, 0.6) is 5.75 Å². The maximum atomic E-state index is 12.9. The average molecular weight is 458 g/mol. The number of rotatable bonds is 9. The summed E-state index contributed by atoms with van der Waals surface area (Å²) in [6.07, 6.45) is 1.64. The highest BCUT2D eigenvalue weighted by atomic mass is 32.1. The monoisotopic (exact) mass is 457 g/mol. The van der Waals surface area contributed by atoms with Gasteiger partial charge in [-0.3, -0.25) is 15.1 Å². The van der Waals surface area contributed by atoms with Crippen LogP contribution in [0.1, 0.15) is 16.1 Å². The number of amides is 1. The Kier molecular flexibility index (Phi) is 7.48. The first kappa shape index (κ1) is 22.4. The van der Waals surface area contributed by atoms with Gasteiger partial charge in [-0.1, -0.05) is 11.3 Å². The molecule has 2 N–H and O–H groups in total. The highest BCUT2D eigenvalue weighted by Gasteiger charge is 2.20. The van der Waals surface area contributed by atoms with E-state index in [1.165, 1.54) is 11.3 Å². The number of benzene rings is 1. The van der Waals surface area contributed by atoms with E-state index >= 15 is 0 Å². The van der Waals surface area contributed by atoms with Crippen molar-refractivity contribution in [1.29, 1.82) is 0 Å². The van der Waals surface area contributed by atoms with Gasteiger partial charge in [-0.25, -0.2) is 4.98 Å². The lowest BCUT2D eigenvalue weighted by Gasteiger charge is -2.29. The number of hydrogen-bond acceptors (Lipinski definition) is 9. The predicted octanol–water partition coefficient (Wildman–Crippen LogP) is 2.52. The molecule has 10 heteroatoms. The van der Waals surface area contributed by atoms with Gasteiger partial charge in [0.15, 0.2) is 5.13 Å². The van der Waals surface area contributed by atoms with Crippen molar-refractivity contribution in [3.8, 4) is 5.75 Å². The van der Waals surface area contributed by atoms with Gasteiger partial charge in [-0.15, -0.1) is 0 Å². The third kappa shape index (κ3) is 5.16. The molecule has 1 aliphatic heterocycles. The summed E-state index contributed by atoms with van der Waals surface area (Å²) in [4.78, 5) is 24.1. The van der Waals surface area contributed by atoms with E-state index in [4.69, 9.17) is 14.2 Å². The van der Waals surface area contributed by atoms with Crippen molar-refractivity contribution in [3.05, 3.63) is 41.7 Å². The first-order valence-corrected chi connectivity index (χ1v) is 11.3. The van der Waals surface area contributed by atoms with Crippen molar-refractivity contribution in [3.63, 3.8) is 0 Å². The molecule has 0 unspecified atom stereocenters. The molecule has 0 bridgehead atoms. The molecule has 0 radical (unpaired) electrons. The van der Waals surface area contributed by atoms with E-state index in [9.17, 15) is 4.79 Å². The molecular weight excluding hydrogens is 430 g/mol.